The lowest BCUT2D eigenvalue weighted by molar-refractivity contribution is 0.372. The van der Waals surface area contributed by atoms with Crippen LogP contribution in [-0.4, -0.2) is 11.0 Å². The highest BCUT2D eigenvalue weighted by Crippen LogP contribution is 2.55. The second-order valence-corrected chi connectivity index (χ2v) is 6.53. The molecule has 74 valence electrons. The summed E-state index contributed by atoms with van der Waals surface area (Å²) >= 11 is 0. The Morgan fingerprint density at radius 3 is 2.21 bits per heavy atom. The molecule has 0 bridgehead atoms. The van der Waals surface area contributed by atoms with Crippen LogP contribution < -0.4 is 0 Å². The van der Waals surface area contributed by atoms with Gasteiger partial charge in [-0.05, 0) is 16.4 Å². The molecule has 1 nitrogen and oxygen atoms in total. The monoisotopic (exact) mass is 206 g/mol. The minimum Gasteiger partial charge on any atom is -0.387 e. The van der Waals surface area contributed by atoms with E-state index in [0.717, 1.165) is 5.75 Å². The van der Waals surface area contributed by atoms with Gasteiger partial charge in [0.15, 0.2) is 0 Å². The van der Waals surface area contributed by atoms with Crippen LogP contribution in [0.4, 0.5) is 0 Å². The fourth-order valence-corrected chi connectivity index (χ4v) is 3.73. The van der Waals surface area contributed by atoms with E-state index in [1.165, 1.54) is 5.56 Å². The third-order valence-electron chi connectivity index (χ3n) is 2.33. The molecule has 0 amide bonds. The van der Waals surface area contributed by atoms with Crippen molar-refractivity contribution in [2.45, 2.75) is 5.75 Å². The SMILES string of the molecule is OCS1(Cc2ccccc2)C=CC=C1. The Kier molecular flexibility index (Phi) is 2.75. The van der Waals surface area contributed by atoms with Gasteiger partial charge in [0.05, 0.1) is 5.94 Å². The number of allylic oxidation sites excluding steroid dienone is 2. The Labute approximate surface area is 86.1 Å². The number of hydrogen-bond donors (Lipinski definition) is 1. The van der Waals surface area contributed by atoms with Crippen LogP contribution >= 0.6 is 10.0 Å². The van der Waals surface area contributed by atoms with Crippen molar-refractivity contribution in [1.29, 1.82) is 0 Å². The van der Waals surface area contributed by atoms with Crippen LogP contribution in [0.1, 0.15) is 5.56 Å². The number of aliphatic hydroxyl groups is 1. The summed E-state index contributed by atoms with van der Waals surface area (Å²) in [6.45, 7) is 0. The molecule has 1 aromatic carbocycles. The summed E-state index contributed by atoms with van der Waals surface area (Å²) in [4.78, 5) is 0. The highest BCUT2D eigenvalue weighted by Gasteiger charge is 2.19. The summed E-state index contributed by atoms with van der Waals surface area (Å²) in [7, 11) is -1.06. The molecular weight excluding hydrogens is 192 g/mol. The van der Waals surface area contributed by atoms with Crippen molar-refractivity contribution in [2.24, 2.45) is 0 Å². The molecular formula is C12H14OS. The number of rotatable bonds is 3. The van der Waals surface area contributed by atoms with E-state index in [1.54, 1.807) is 0 Å². The van der Waals surface area contributed by atoms with Crippen molar-refractivity contribution in [3.05, 3.63) is 58.9 Å². The Morgan fingerprint density at radius 1 is 1.00 bits per heavy atom. The zero-order chi connectivity index (χ0) is 9.86. The van der Waals surface area contributed by atoms with Gasteiger partial charge < -0.3 is 5.11 Å². The third kappa shape index (κ3) is 1.91. The molecule has 0 saturated heterocycles. The Morgan fingerprint density at radius 2 is 1.64 bits per heavy atom. The molecule has 2 rings (SSSR count). The van der Waals surface area contributed by atoms with E-state index in [4.69, 9.17) is 0 Å². The van der Waals surface area contributed by atoms with E-state index in [9.17, 15) is 5.11 Å². The standard InChI is InChI=1S/C12H14OS/c13-11-14(8-4-5-9-14)10-12-6-2-1-3-7-12/h1-9,13H,10-11H2. The topological polar surface area (TPSA) is 20.2 Å². The quantitative estimate of drug-likeness (QED) is 0.806. The summed E-state index contributed by atoms with van der Waals surface area (Å²) in [6, 6.07) is 10.3. The van der Waals surface area contributed by atoms with E-state index in [2.05, 4.69) is 22.9 Å². The molecule has 0 spiro atoms. The smallest absolute Gasteiger partial charge is 0.0802 e. The molecule has 14 heavy (non-hydrogen) atoms. The van der Waals surface area contributed by atoms with Crippen molar-refractivity contribution in [3.63, 3.8) is 0 Å². The van der Waals surface area contributed by atoms with Crippen LogP contribution in [0.25, 0.3) is 0 Å². The lowest BCUT2D eigenvalue weighted by atomic mass is 10.2. The minimum atomic E-state index is -1.06. The highest BCUT2D eigenvalue weighted by atomic mass is 32.3. The maximum atomic E-state index is 9.41. The third-order valence-corrected chi connectivity index (χ3v) is 5.08. The number of hydrogen-bond acceptors (Lipinski definition) is 1. The van der Waals surface area contributed by atoms with E-state index in [-0.39, 0.29) is 5.94 Å². The van der Waals surface area contributed by atoms with Crippen LogP contribution in [0.5, 0.6) is 0 Å². The molecule has 0 fully saturated rings. The van der Waals surface area contributed by atoms with Gasteiger partial charge in [0.2, 0.25) is 0 Å². The maximum absolute atomic E-state index is 9.41. The molecule has 1 N–H and O–H groups in total. The zero-order valence-corrected chi connectivity index (χ0v) is 8.78. The maximum Gasteiger partial charge on any atom is 0.0802 e. The molecule has 0 saturated carbocycles. The summed E-state index contributed by atoms with van der Waals surface area (Å²) in [5.74, 6) is 1.21. The highest BCUT2D eigenvalue weighted by molar-refractivity contribution is 8.37. The molecule has 0 unspecified atom stereocenters. The van der Waals surface area contributed by atoms with E-state index >= 15 is 0 Å². The van der Waals surface area contributed by atoms with Crippen LogP contribution in [0.15, 0.2) is 53.3 Å². The second kappa shape index (κ2) is 4.03. The largest absolute Gasteiger partial charge is 0.387 e. The van der Waals surface area contributed by atoms with E-state index in [1.807, 2.05) is 30.4 Å². The van der Waals surface area contributed by atoms with Crippen molar-refractivity contribution in [2.75, 3.05) is 5.94 Å². The predicted octanol–water partition coefficient (Wildman–Crippen LogP) is 2.98. The lowest BCUT2D eigenvalue weighted by Crippen LogP contribution is -2.00. The first-order valence-corrected chi connectivity index (χ1v) is 6.73. The summed E-state index contributed by atoms with van der Waals surface area (Å²) in [6.07, 6.45) is 4.07. The molecule has 1 heterocycles. The van der Waals surface area contributed by atoms with Crippen LogP contribution in [0.3, 0.4) is 0 Å². The van der Waals surface area contributed by atoms with Crippen molar-refractivity contribution >= 4 is 10.0 Å². The van der Waals surface area contributed by atoms with Crippen LogP contribution in [-0.2, 0) is 5.75 Å². The van der Waals surface area contributed by atoms with Gasteiger partial charge in [0.1, 0.15) is 0 Å². The van der Waals surface area contributed by atoms with Gasteiger partial charge in [-0.3, -0.25) is 0 Å². The van der Waals surface area contributed by atoms with Gasteiger partial charge in [-0.25, -0.2) is 0 Å². The Balaban J connectivity index is 2.17. The average molecular weight is 206 g/mol. The minimum absolute atomic E-state index is 0.259. The normalized spacial score (nSPS) is 19.8. The molecule has 0 radical (unpaired) electrons. The van der Waals surface area contributed by atoms with E-state index < -0.39 is 10.0 Å². The molecule has 1 aliphatic rings. The van der Waals surface area contributed by atoms with Gasteiger partial charge in [-0.15, -0.1) is 0 Å². The number of benzene rings is 1. The predicted molar refractivity (Wildman–Crippen MR) is 63.1 cm³/mol. The molecule has 1 aromatic rings. The molecule has 0 aromatic heterocycles. The van der Waals surface area contributed by atoms with Crippen molar-refractivity contribution in [1.82, 2.24) is 0 Å². The van der Waals surface area contributed by atoms with Gasteiger partial charge in [0.25, 0.3) is 0 Å². The fraction of sp³-hybridized carbons (Fsp3) is 0.167. The lowest BCUT2D eigenvalue weighted by Gasteiger charge is -2.28. The Hall–Kier alpha value is -0.990. The van der Waals surface area contributed by atoms with Gasteiger partial charge >= 0.3 is 0 Å². The van der Waals surface area contributed by atoms with Gasteiger partial charge in [-0.1, -0.05) is 42.5 Å². The van der Waals surface area contributed by atoms with Crippen molar-refractivity contribution < 1.29 is 5.11 Å². The van der Waals surface area contributed by atoms with Crippen LogP contribution in [0, 0.1) is 0 Å². The van der Waals surface area contributed by atoms with Crippen LogP contribution in [0.2, 0.25) is 0 Å². The fourth-order valence-electron chi connectivity index (χ4n) is 1.56. The summed E-state index contributed by atoms with van der Waals surface area (Å²) < 4.78 is 0. The Bertz CT molecular complexity index is 342. The zero-order valence-electron chi connectivity index (χ0n) is 7.97. The second-order valence-electron chi connectivity index (χ2n) is 3.42. The van der Waals surface area contributed by atoms with E-state index in [0.29, 0.717) is 0 Å². The molecule has 0 aliphatic carbocycles. The molecule has 0 atom stereocenters. The summed E-state index contributed by atoms with van der Waals surface area (Å²) in [5, 5.41) is 13.7. The van der Waals surface area contributed by atoms with Gasteiger partial charge in [-0.2, -0.15) is 10.0 Å². The first-order chi connectivity index (χ1) is 6.85. The molecule has 2 heteroatoms. The average Bonchev–Trinajstić information content (AvgIpc) is 2.69. The number of aliphatic hydroxyl groups excluding tert-OH is 1. The first-order valence-electron chi connectivity index (χ1n) is 4.63. The van der Waals surface area contributed by atoms with Crippen molar-refractivity contribution in [3.8, 4) is 0 Å². The summed E-state index contributed by atoms with van der Waals surface area (Å²) in [5.41, 5.74) is 1.30. The van der Waals surface area contributed by atoms with Gasteiger partial charge in [0, 0.05) is 5.75 Å². The molecule has 1 aliphatic heterocycles. The first kappa shape index (κ1) is 9.56.